The zero-order chi connectivity index (χ0) is 13.5. The van der Waals surface area contributed by atoms with Gasteiger partial charge in [-0.3, -0.25) is 4.79 Å². The van der Waals surface area contributed by atoms with Crippen LogP contribution in [0.1, 0.15) is 35.2 Å². The summed E-state index contributed by atoms with van der Waals surface area (Å²) < 4.78 is 0. The Kier molecular flexibility index (Phi) is 5.65. The minimum absolute atomic E-state index is 0.0775. The number of aryl methyl sites for hydroxylation is 1. The molecule has 0 saturated heterocycles. The van der Waals surface area contributed by atoms with Crippen LogP contribution in [0.15, 0.2) is 18.2 Å². The van der Waals surface area contributed by atoms with Crippen LogP contribution in [0.2, 0.25) is 0 Å². The number of aromatic carboxylic acids is 1. The van der Waals surface area contributed by atoms with Gasteiger partial charge in [-0.2, -0.15) is 0 Å². The first kappa shape index (κ1) is 14.5. The molecule has 0 aliphatic carbocycles. The minimum atomic E-state index is -0.974. The van der Waals surface area contributed by atoms with Crippen molar-refractivity contribution >= 4 is 29.2 Å². The molecule has 0 spiro atoms. The number of carboxylic acid groups (broad SMARTS) is 1. The monoisotopic (exact) mass is 269 g/mol. The molecule has 1 aromatic carbocycles. The number of unbranched alkanes of at least 4 members (excludes halogenated alkanes) is 1. The molecule has 0 aromatic heterocycles. The smallest absolute Gasteiger partial charge is 0.335 e. The average Bonchev–Trinajstić information content (AvgIpc) is 2.32. The van der Waals surface area contributed by atoms with Crippen LogP contribution in [0, 0.1) is 6.92 Å². The number of carbonyl (C=O) groups excluding carboxylic acids is 1. The van der Waals surface area contributed by atoms with E-state index in [0.29, 0.717) is 18.0 Å². The largest absolute Gasteiger partial charge is 0.478 e. The fourth-order valence-corrected chi connectivity index (χ4v) is 1.72. The van der Waals surface area contributed by atoms with Crippen LogP contribution in [0.5, 0.6) is 0 Å². The molecule has 0 bridgehead atoms. The Balaban J connectivity index is 2.62. The highest BCUT2D eigenvalue weighted by Gasteiger charge is 2.08. The maximum Gasteiger partial charge on any atom is 0.335 e. The van der Waals surface area contributed by atoms with Crippen molar-refractivity contribution in [2.24, 2.45) is 0 Å². The molecule has 2 N–H and O–H groups in total. The Labute approximate surface area is 111 Å². The van der Waals surface area contributed by atoms with E-state index in [4.69, 9.17) is 16.7 Å². The highest BCUT2D eigenvalue weighted by atomic mass is 35.5. The van der Waals surface area contributed by atoms with Crippen molar-refractivity contribution in [1.82, 2.24) is 0 Å². The SMILES string of the molecule is Cc1cc(C(=O)O)ccc1NC(=O)CCCCCl. The van der Waals surface area contributed by atoms with Crippen LogP contribution < -0.4 is 5.32 Å². The van der Waals surface area contributed by atoms with Crippen molar-refractivity contribution < 1.29 is 14.7 Å². The van der Waals surface area contributed by atoms with Gasteiger partial charge in [0.2, 0.25) is 5.91 Å². The summed E-state index contributed by atoms with van der Waals surface area (Å²) in [4.78, 5) is 22.3. The van der Waals surface area contributed by atoms with Crippen LogP contribution >= 0.6 is 11.6 Å². The van der Waals surface area contributed by atoms with E-state index in [1.165, 1.54) is 12.1 Å². The first-order valence-electron chi connectivity index (χ1n) is 5.74. The minimum Gasteiger partial charge on any atom is -0.478 e. The Morgan fingerprint density at radius 1 is 1.33 bits per heavy atom. The Hall–Kier alpha value is -1.55. The summed E-state index contributed by atoms with van der Waals surface area (Å²) in [6, 6.07) is 4.62. The third-order valence-corrected chi connectivity index (χ3v) is 2.80. The maximum atomic E-state index is 11.6. The van der Waals surface area contributed by atoms with Crippen molar-refractivity contribution in [2.45, 2.75) is 26.2 Å². The average molecular weight is 270 g/mol. The summed E-state index contributed by atoms with van der Waals surface area (Å²) in [5, 5.41) is 11.6. The van der Waals surface area contributed by atoms with Crippen LogP contribution in [0.4, 0.5) is 5.69 Å². The summed E-state index contributed by atoms with van der Waals surface area (Å²) in [5.74, 6) is -0.496. The van der Waals surface area contributed by atoms with Gasteiger partial charge in [-0.25, -0.2) is 4.79 Å². The van der Waals surface area contributed by atoms with E-state index in [1.807, 2.05) is 0 Å². The van der Waals surface area contributed by atoms with Gasteiger partial charge in [0.15, 0.2) is 0 Å². The number of alkyl halides is 1. The van der Waals surface area contributed by atoms with E-state index >= 15 is 0 Å². The van der Waals surface area contributed by atoms with Crippen molar-refractivity contribution in [3.8, 4) is 0 Å². The fourth-order valence-electron chi connectivity index (χ4n) is 1.53. The summed E-state index contributed by atoms with van der Waals surface area (Å²) in [5.41, 5.74) is 1.60. The number of carbonyl (C=O) groups is 2. The molecule has 1 aromatic rings. The molecule has 1 rings (SSSR count). The van der Waals surface area contributed by atoms with E-state index in [1.54, 1.807) is 13.0 Å². The number of carboxylic acids is 1. The predicted molar refractivity (Wildman–Crippen MR) is 71.3 cm³/mol. The van der Waals surface area contributed by atoms with Gasteiger partial charge in [0.1, 0.15) is 0 Å². The quantitative estimate of drug-likeness (QED) is 0.616. The molecule has 0 atom stereocenters. The third-order valence-electron chi connectivity index (χ3n) is 2.53. The second-order valence-electron chi connectivity index (χ2n) is 4.03. The first-order chi connectivity index (χ1) is 8.54. The zero-order valence-corrected chi connectivity index (χ0v) is 11.0. The summed E-state index contributed by atoms with van der Waals surface area (Å²) in [6.45, 7) is 1.76. The molecule has 0 unspecified atom stereocenters. The van der Waals surface area contributed by atoms with Crippen molar-refractivity contribution in [3.05, 3.63) is 29.3 Å². The second-order valence-corrected chi connectivity index (χ2v) is 4.41. The number of benzene rings is 1. The molecular formula is C13H16ClNO3. The van der Waals surface area contributed by atoms with E-state index < -0.39 is 5.97 Å². The van der Waals surface area contributed by atoms with Crippen molar-refractivity contribution in [2.75, 3.05) is 11.2 Å². The van der Waals surface area contributed by atoms with Crippen molar-refractivity contribution in [1.29, 1.82) is 0 Å². The molecule has 5 heteroatoms. The van der Waals surface area contributed by atoms with E-state index in [0.717, 1.165) is 18.4 Å². The molecule has 1 amide bonds. The number of hydrogen-bond donors (Lipinski definition) is 2. The van der Waals surface area contributed by atoms with Crippen molar-refractivity contribution in [3.63, 3.8) is 0 Å². The maximum absolute atomic E-state index is 11.6. The van der Waals surface area contributed by atoms with Gasteiger partial charge < -0.3 is 10.4 Å². The Morgan fingerprint density at radius 2 is 2.06 bits per heavy atom. The highest BCUT2D eigenvalue weighted by Crippen LogP contribution is 2.17. The second kappa shape index (κ2) is 7.01. The number of halogens is 1. The van der Waals surface area contributed by atoms with Gasteiger partial charge in [-0.1, -0.05) is 0 Å². The molecule has 0 saturated carbocycles. The molecule has 0 fully saturated rings. The van der Waals surface area contributed by atoms with Gasteiger partial charge in [0.25, 0.3) is 0 Å². The highest BCUT2D eigenvalue weighted by molar-refractivity contribution is 6.17. The van der Waals surface area contributed by atoms with Gasteiger partial charge in [0, 0.05) is 18.0 Å². The standard InChI is InChI=1S/C13H16ClNO3/c1-9-8-10(13(17)18)5-6-11(9)15-12(16)4-2-3-7-14/h5-6,8H,2-4,7H2,1H3,(H,15,16)(H,17,18). The lowest BCUT2D eigenvalue weighted by molar-refractivity contribution is -0.116. The van der Waals surface area contributed by atoms with Gasteiger partial charge in [-0.15, -0.1) is 11.6 Å². The topological polar surface area (TPSA) is 66.4 Å². The van der Waals surface area contributed by atoms with Gasteiger partial charge >= 0.3 is 5.97 Å². The van der Waals surface area contributed by atoms with Crippen LogP contribution in [-0.4, -0.2) is 22.9 Å². The summed E-state index contributed by atoms with van der Waals surface area (Å²) in [6.07, 6.45) is 1.99. The first-order valence-corrected chi connectivity index (χ1v) is 6.28. The van der Waals surface area contributed by atoms with E-state index in [-0.39, 0.29) is 11.5 Å². The molecule has 18 heavy (non-hydrogen) atoms. The number of rotatable bonds is 6. The van der Waals surface area contributed by atoms with E-state index in [2.05, 4.69) is 5.32 Å². The van der Waals surface area contributed by atoms with Gasteiger partial charge in [0.05, 0.1) is 5.56 Å². The number of nitrogens with one attached hydrogen (secondary N) is 1. The normalized spacial score (nSPS) is 10.1. The molecule has 4 nitrogen and oxygen atoms in total. The lowest BCUT2D eigenvalue weighted by Gasteiger charge is -2.08. The van der Waals surface area contributed by atoms with Crippen LogP contribution in [0.25, 0.3) is 0 Å². The predicted octanol–water partition coefficient (Wildman–Crippen LogP) is 3.04. The molecule has 0 aliphatic heterocycles. The lowest BCUT2D eigenvalue weighted by atomic mass is 10.1. The zero-order valence-electron chi connectivity index (χ0n) is 10.2. The lowest BCUT2D eigenvalue weighted by Crippen LogP contribution is -2.12. The molecule has 0 radical (unpaired) electrons. The third kappa shape index (κ3) is 4.37. The molecule has 0 heterocycles. The number of hydrogen-bond acceptors (Lipinski definition) is 2. The number of anilines is 1. The van der Waals surface area contributed by atoms with Crippen LogP contribution in [0.3, 0.4) is 0 Å². The Bertz CT molecular complexity index is 446. The van der Waals surface area contributed by atoms with Crippen LogP contribution in [-0.2, 0) is 4.79 Å². The fraction of sp³-hybridized carbons (Fsp3) is 0.385. The molecular weight excluding hydrogens is 254 g/mol. The molecule has 98 valence electrons. The summed E-state index contributed by atoms with van der Waals surface area (Å²) >= 11 is 5.53. The molecule has 0 aliphatic rings. The summed E-state index contributed by atoms with van der Waals surface area (Å²) in [7, 11) is 0. The number of amides is 1. The van der Waals surface area contributed by atoms with Gasteiger partial charge in [-0.05, 0) is 43.5 Å². The van der Waals surface area contributed by atoms with E-state index in [9.17, 15) is 9.59 Å². The Morgan fingerprint density at radius 3 is 2.61 bits per heavy atom.